The van der Waals surface area contributed by atoms with Crippen molar-refractivity contribution in [2.24, 2.45) is 11.8 Å². The first-order chi connectivity index (χ1) is 7.33. The van der Waals surface area contributed by atoms with Gasteiger partial charge in [0.2, 0.25) is 0 Å². The minimum absolute atomic E-state index is 0.0682. The molecule has 1 rings (SSSR count). The van der Waals surface area contributed by atoms with Gasteiger partial charge >= 0.3 is 6.09 Å². The summed E-state index contributed by atoms with van der Waals surface area (Å²) in [5, 5.41) is 8.89. The van der Waals surface area contributed by atoms with Crippen molar-refractivity contribution in [1.29, 1.82) is 5.26 Å². The molecule has 1 fully saturated rings. The summed E-state index contributed by atoms with van der Waals surface area (Å²) in [5.41, 5.74) is -0.452. The second-order valence-electron chi connectivity index (χ2n) is 5.43. The van der Waals surface area contributed by atoms with Crippen LogP contribution in [-0.4, -0.2) is 29.7 Å². The van der Waals surface area contributed by atoms with Gasteiger partial charge in [-0.25, -0.2) is 4.79 Å². The standard InChI is InChI=1S/C12H20N2O2/c1-9-8-14(6-5-10(9)7-13)11(15)16-12(2,3)4/h9-10H,5-6,8H2,1-4H3. The van der Waals surface area contributed by atoms with Crippen molar-refractivity contribution in [3.05, 3.63) is 0 Å². The molecule has 0 aliphatic carbocycles. The lowest BCUT2D eigenvalue weighted by atomic mass is 9.88. The lowest BCUT2D eigenvalue weighted by Gasteiger charge is -2.34. The Labute approximate surface area is 97.2 Å². The molecule has 2 unspecified atom stereocenters. The number of piperidine rings is 1. The number of hydrogen-bond donors (Lipinski definition) is 0. The highest BCUT2D eigenvalue weighted by atomic mass is 16.6. The van der Waals surface area contributed by atoms with Crippen molar-refractivity contribution in [3.8, 4) is 6.07 Å². The van der Waals surface area contributed by atoms with Crippen LogP contribution in [0.5, 0.6) is 0 Å². The summed E-state index contributed by atoms with van der Waals surface area (Å²) in [6.07, 6.45) is 0.479. The number of carbonyl (C=O) groups is 1. The van der Waals surface area contributed by atoms with E-state index in [1.54, 1.807) is 4.90 Å². The first-order valence-corrected chi connectivity index (χ1v) is 5.71. The van der Waals surface area contributed by atoms with Crippen LogP contribution in [0.2, 0.25) is 0 Å². The third-order valence-corrected chi connectivity index (χ3v) is 2.72. The van der Waals surface area contributed by atoms with E-state index in [1.165, 1.54) is 0 Å². The molecule has 0 N–H and O–H groups in total. The number of ether oxygens (including phenoxy) is 1. The highest BCUT2D eigenvalue weighted by Gasteiger charge is 2.30. The van der Waals surface area contributed by atoms with Crippen molar-refractivity contribution in [2.45, 2.75) is 39.7 Å². The van der Waals surface area contributed by atoms with Gasteiger partial charge in [0.1, 0.15) is 5.60 Å². The molecule has 0 aromatic rings. The molecular formula is C12H20N2O2. The van der Waals surface area contributed by atoms with E-state index >= 15 is 0 Å². The van der Waals surface area contributed by atoms with Gasteiger partial charge in [0.25, 0.3) is 0 Å². The Morgan fingerprint density at radius 3 is 2.56 bits per heavy atom. The Morgan fingerprint density at radius 1 is 1.50 bits per heavy atom. The lowest BCUT2D eigenvalue weighted by Crippen LogP contribution is -2.44. The fourth-order valence-electron chi connectivity index (χ4n) is 1.83. The predicted octanol–water partition coefficient (Wildman–Crippen LogP) is 2.40. The average Bonchev–Trinajstić information content (AvgIpc) is 2.15. The summed E-state index contributed by atoms with van der Waals surface area (Å²) in [7, 11) is 0. The molecule has 1 saturated heterocycles. The molecule has 16 heavy (non-hydrogen) atoms. The fourth-order valence-corrected chi connectivity index (χ4v) is 1.83. The number of nitriles is 1. The van der Waals surface area contributed by atoms with Crippen molar-refractivity contribution < 1.29 is 9.53 Å². The summed E-state index contributed by atoms with van der Waals surface area (Å²) in [5.74, 6) is 0.296. The van der Waals surface area contributed by atoms with E-state index in [0.29, 0.717) is 13.1 Å². The van der Waals surface area contributed by atoms with Crippen LogP contribution >= 0.6 is 0 Å². The molecule has 2 atom stereocenters. The van der Waals surface area contributed by atoms with Gasteiger partial charge in [-0.2, -0.15) is 5.26 Å². The number of nitrogens with zero attached hydrogens (tertiary/aromatic N) is 2. The molecular weight excluding hydrogens is 204 g/mol. The van der Waals surface area contributed by atoms with E-state index in [-0.39, 0.29) is 17.9 Å². The number of hydrogen-bond acceptors (Lipinski definition) is 3. The quantitative estimate of drug-likeness (QED) is 0.635. The maximum atomic E-state index is 11.8. The first-order valence-electron chi connectivity index (χ1n) is 5.71. The van der Waals surface area contributed by atoms with Gasteiger partial charge in [0, 0.05) is 13.1 Å². The normalized spacial score (nSPS) is 26.1. The highest BCUT2D eigenvalue weighted by molar-refractivity contribution is 5.68. The van der Waals surface area contributed by atoms with Crippen molar-refractivity contribution in [3.63, 3.8) is 0 Å². The topological polar surface area (TPSA) is 53.3 Å². The van der Waals surface area contributed by atoms with Crippen LogP contribution in [0, 0.1) is 23.2 Å². The highest BCUT2D eigenvalue weighted by Crippen LogP contribution is 2.23. The summed E-state index contributed by atoms with van der Waals surface area (Å²) in [6, 6.07) is 2.28. The summed E-state index contributed by atoms with van der Waals surface area (Å²) in [4.78, 5) is 13.5. The second-order valence-corrected chi connectivity index (χ2v) is 5.43. The van der Waals surface area contributed by atoms with Crippen LogP contribution in [0.15, 0.2) is 0 Å². The lowest BCUT2D eigenvalue weighted by molar-refractivity contribution is 0.0145. The van der Waals surface area contributed by atoms with E-state index < -0.39 is 5.60 Å². The molecule has 0 aromatic carbocycles. The third-order valence-electron chi connectivity index (χ3n) is 2.72. The SMILES string of the molecule is CC1CN(C(=O)OC(C)(C)C)CCC1C#N. The molecule has 1 amide bonds. The molecule has 0 bridgehead atoms. The van der Waals surface area contributed by atoms with Gasteiger partial charge in [-0.05, 0) is 33.1 Å². The number of amides is 1. The molecule has 0 saturated carbocycles. The maximum Gasteiger partial charge on any atom is 0.410 e. The van der Waals surface area contributed by atoms with Crippen molar-refractivity contribution in [2.75, 3.05) is 13.1 Å². The largest absolute Gasteiger partial charge is 0.444 e. The zero-order chi connectivity index (χ0) is 12.3. The number of rotatable bonds is 0. The third kappa shape index (κ3) is 3.41. The Morgan fingerprint density at radius 2 is 2.12 bits per heavy atom. The Hall–Kier alpha value is -1.24. The van der Waals surface area contributed by atoms with Crippen LogP contribution in [-0.2, 0) is 4.74 Å². The van der Waals surface area contributed by atoms with E-state index in [0.717, 1.165) is 6.42 Å². The molecule has 0 aromatic heterocycles. The van der Waals surface area contributed by atoms with E-state index in [1.807, 2.05) is 27.7 Å². The first kappa shape index (κ1) is 12.8. The second kappa shape index (κ2) is 4.73. The maximum absolute atomic E-state index is 11.8. The predicted molar refractivity (Wildman–Crippen MR) is 60.7 cm³/mol. The van der Waals surface area contributed by atoms with Crippen LogP contribution in [0.3, 0.4) is 0 Å². The van der Waals surface area contributed by atoms with E-state index in [4.69, 9.17) is 10.00 Å². The van der Waals surface area contributed by atoms with Crippen LogP contribution in [0.1, 0.15) is 34.1 Å². The van der Waals surface area contributed by atoms with Crippen molar-refractivity contribution in [1.82, 2.24) is 4.90 Å². The summed E-state index contributed by atoms with van der Waals surface area (Å²) >= 11 is 0. The smallest absolute Gasteiger partial charge is 0.410 e. The van der Waals surface area contributed by atoms with E-state index in [2.05, 4.69) is 6.07 Å². The van der Waals surface area contributed by atoms with Crippen LogP contribution in [0.4, 0.5) is 4.79 Å². The molecule has 0 radical (unpaired) electrons. The molecule has 0 spiro atoms. The van der Waals surface area contributed by atoms with Gasteiger partial charge in [0.05, 0.1) is 12.0 Å². The van der Waals surface area contributed by atoms with E-state index in [9.17, 15) is 4.79 Å². The average molecular weight is 224 g/mol. The van der Waals surface area contributed by atoms with Gasteiger partial charge in [0.15, 0.2) is 0 Å². The zero-order valence-corrected chi connectivity index (χ0v) is 10.5. The molecule has 1 heterocycles. The van der Waals surface area contributed by atoms with Gasteiger partial charge in [-0.1, -0.05) is 6.92 Å². The van der Waals surface area contributed by atoms with Crippen LogP contribution < -0.4 is 0 Å². The van der Waals surface area contributed by atoms with Crippen molar-refractivity contribution >= 4 is 6.09 Å². The molecule has 90 valence electrons. The Bertz CT molecular complexity index is 301. The molecule has 1 aliphatic rings. The molecule has 4 heteroatoms. The minimum Gasteiger partial charge on any atom is -0.444 e. The summed E-state index contributed by atoms with van der Waals surface area (Å²) < 4.78 is 5.30. The fraction of sp³-hybridized carbons (Fsp3) is 0.833. The monoisotopic (exact) mass is 224 g/mol. The Balaban J connectivity index is 2.52. The minimum atomic E-state index is -0.452. The van der Waals surface area contributed by atoms with Gasteiger partial charge < -0.3 is 9.64 Å². The molecule has 4 nitrogen and oxygen atoms in total. The number of carbonyl (C=O) groups excluding carboxylic acids is 1. The summed E-state index contributed by atoms with van der Waals surface area (Å²) in [6.45, 7) is 8.82. The van der Waals surface area contributed by atoms with Gasteiger partial charge in [-0.15, -0.1) is 0 Å². The van der Waals surface area contributed by atoms with Gasteiger partial charge in [-0.3, -0.25) is 0 Å². The number of likely N-dealkylation sites (tertiary alicyclic amines) is 1. The zero-order valence-electron chi connectivity index (χ0n) is 10.5. The van der Waals surface area contributed by atoms with Crippen LogP contribution in [0.25, 0.3) is 0 Å². The Kier molecular flexibility index (Phi) is 3.79. The molecule has 1 aliphatic heterocycles.